The van der Waals surface area contributed by atoms with Crippen molar-refractivity contribution in [3.05, 3.63) is 36.6 Å². The first kappa shape index (κ1) is 15.8. The van der Waals surface area contributed by atoms with Gasteiger partial charge in [-0.2, -0.15) is 0 Å². The molecule has 1 N–H and O–H groups in total. The Kier molecular flexibility index (Phi) is 3.36. The summed E-state index contributed by atoms with van der Waals surface area (Å²) < 4.78 is 1.93. The summed E-state index contributed by atoms with van der Waals surface area (Å²) in [6, 6.07) is 3.79. The van der Waals surface area contributed by atoms with Crippen LogP contribution in [0.5, 0.6) is 0 Å². The summed E-state index contributed by atoms with van der Waals surface area (Å²) in [4.78, 5) is 21.8. The highest BCUT2D eigenvalue weighted by atomic mass is 16.1. The predicted octanol–water partition coefficient (Wildman–Crippen LogP) is 4.24. The Labute approximate surface area is 153 Å². The van der Waals surface area contributed by atoms with Crippen LogP contribution >= 0.6 is 0 Å². The molecule has 134 valence electrons. The number of carbonyl (C=O) groups excluding carboxylic acids is 1. The highest BCUT2D eigenvalue weighted by Gasteiger charge is 2.54. The van der Waals surface area contributed by atoms with Crippen LogP contribution in [0.3, 0.4) is 0 Å². The number of allylic oxidation sites excluding steroid dienone is 4. The van der Waals surface area contributed by atoms with Crippen LogP contribution in [0.1, 0.15) is 39.5 Å². The van der Waals surface area contributed by atoms with Gasteiger partial charge in [0.05, 0.1) is 5.70 Å². The van der Waals surface area contributed by atoms with Crippen molar-refractivity contribution in [2.24, 2.45) is 23.2 Å². The van der Waals surface area contributed by atoms with Gasteiger partial charge in [0.15, 0.2) is 5.65 Å². The molecular weight excluding hydrogens is 324 g/mol. The van der Waals surface area contributed by atoms with E-state index in [1.54, 1.807) is 6.20 Å². The second kappa shape index (κ2) is 5.53. The number of amides is 1. The summed E-state index contributed by atoms with van der Waals surface area (Å²) in [7, 11) is 0. The monoisotopic (exact) mass is 348 g/mol. The average molecular weight is 348 g/mol. The third kappa shape index (κ3) is 2.26. The van der Waals surface area contributed by atoms with E-state index in [4.69, 9.17) is 0 Å². The van der Waals surface area contributed by atoms with Crippen molar-refractivity contribution in [3.63, 3.8) is 0 Å². The molecule has 1 amide bonds. The standard InChI is InChI=1S/C21H24N4O/c1-21(2)14-9-8-13(16(21)12-14)11-18(26)24-20-23-17-7-4-10-22-19(17)25(20)15-5-3-6-15/h3-7,10,13-14,16H,8-9,11-12H2,1-2H3,(H,23,24,26)/t13-,14-,16+/m0/s1. The van der Waals surface area contributed by atoms with Crippen LogP contribution in [-0.2, 0) is 4.79 Å². The molecule has 5 heteroatoms. The number of nitrogens with one attached hydrogen (secondary N) is 1. The molecule has 2 aromatic rings. The molecule has 2 heterocycles. The van der Waals surface area contributed by atoms with Gasteiger partial charge in [0.25, 0.3) is 0 Å². The second-order valence-electron chi connectivity index (χ2n) is 8.52. The molecule has 0 aliphatic heterocycles. The molecule has 26 heavy (non-hydrogen) atoms. The Morgan fingerprint density at radius 1 is 1.38 bits per heavy atom. The Balaban J connectivity index is 1.37. The topological polar surface area (TPSA) is 59.8 Å². The summed E-state index contributed by atoms with van der Waals surface area (Å²) in [5.74, 6) is 2.68. The fourth-order valence-corrected chi connectivity index (χ4v) is 5.19. The van der Waals surface area contributed by atoms with Gasteiger partial charge < -0.3 is 0 Å². The Bertz CT molecular complexity index is 950. The van der Waals surface area contributed by atoms with Gasteiger partial charge in [0.1, 0.15) is 5.52 Å². The van der Waals surface area contributed by atoms with Crippen LogP contribution < -0.4 is 5.32 Å². The van der Waals surface area contributed by atoms with E-state index >= 15 is 0 Å². The first-order chi connectivity index (χ1) is 12.5. The lowest BCUT2D eigenvalue weighted by Gasteiger charge is -2.60. The maximum Gasteiger partial charge on any atom is 0.226 e. The number of hydrogen-bond acceptors (Lipinski definition) is 3. The van der Waals surface area contributed by atoms with Crippen LogP contribution in [-0.4, -0.2) is 20.4 Å². The summed E-state index contributed by atoms with van der Waals surface area (Å²) in [5.41, 5.74) is 2.98. The lowest BCUT2D eigenvalue weighted by molar-refractivity contribution is -0.128. The summed E-state index contributed by atoms with van der Waals surface area (Å²) >= 11 is 0. The molecule has 0 saturated heterocycles. The van der Waals surface area contributed by atoms with Gasteiger partial charge in [-0.05, 0) is 66.7 Å². The quantitative estimate of drug-likeness (QED) is 0.899. The summed E-state index contributed by atoms with van der Waals surface area (Å²) in [5, 5.41) is 3.06. The minimum atomic E-state index is 0.0663. The lowest BCUT2D eigenvalue weighted by Crippen LogP contribution is -2.52. The Morgan fingerprint density at radius 3 is 2.92 bits per heavy atom. The van der Waals surface area contributed by atoms with Gasteiger partial charge in [0, 0.05) is 12.6 Å². The minimum absolute atomic E-state index is 0.0663. The van der Waals surface area contributed by atoms with Crippen molar-refractivity contribution in [2.75, 3.05) is 5.32 Å². The second-order valence-corrected chi connectivity index (χ2v) is 8.52. The molecule has 3 fully saturated rings. The molecule has 0 unspecified atom stereocenters. The van der Waals surface area contributed by atoms with E-state index in [9.17, 15) is 4.79 Å². The molecule has 6 rings (SSSR count). The molecular formula is C21H24N4O. The van der Waals surface area contributed by atoms with E-state index in [1.165, 1.54) is 19.3 Å². The van der Waals surface area contributed by atoms with Crippen molar-refractivity contribution in [3.8, 4) is 0 Å². The highest BCUT2D eigenvalue weighted by Crippen LogP contribution is 2.62. The Hall–Kier alpha value is -2.43. The van der Waals surface area contributed by atoms with Crippen molar-refractivity contribution >= 4 is 28.7 Å². The lowest BCUT2D eigenvalue weighted by atomic mass is 9.45. The minimum Gasteiger partial charge on any atom is -0.296 e. The number of rotatable bonds is 4. The van der Waals surface area contributed by atoms with E-state index in [0.29, 0.717) is 29.6 Å². The maximum atomic E-state index is 12.8. The van der Waals surface area contributed by atoms with Crippen LogP contribution in [0.4, 0.5) is 5.95 Å². The zero-order chi connectivity index (χ0) is 17.9. The van der Waals surface area contributed by atoms with Crippen LogP contribution in [0.2, 0.25) is 0 Å². The van der Waals surface area contributed by atoms with Crippen molar-refractivity contribution in [1.29, 1.82) is 0 Å². The van der Waals surface area contributed by atoms with Crippen LogP contribution in [0.25, 0.3) is 16.9 Å². The molecule has 3 atom stereocenters. The van der Waals surface area contributed by atoms with Crippen molar-refractivity contribution in [2.45, 2.75) is 39.5 Å². The molecule has 3 saturated carbocycles. The highest BCUT2D eigenvalue weighted by molar-refractivity contribution is 5.93. The van der Waals surface area contributed by atoms with Crippen molar-refractivity contribution < 1.29 is 4.79 Å². The fourth-order valence-electron chi connectivity index (χ4n) is 5.19. The van der Waals surface area contributed by atoms with Gasteiger partial charge >= 0.3 is 0 Å². The van der Waals surface area contributed by atoms with Gasteiger partial charge in [-0.15, -0.1) is 0 Å². The number of carbonyl (C=O) groups is 1. The third-order valence-corrected chi connectivity index (χ3v) is 6.91. The molecule has 2 bridgehead atoms. The SMILES string of the molecule is CC1(C)[C@H]2CC[C@@H](CC(=O)Nc3nc4cccnc4n3C3=CC=C3)[C@H]1C2. The van der Waals surface area contributed by atoms with E-state index in [1.807, 2.05) is 34.9 Å². The van der Waals surface area contributed by atoms with Crippen LogP contribution in [0, 0.1) is 23.2 Å². The number of hydrogen-bond donors (Lipinski definition) is 1. The van der Waals surface area contributed by atoms with E-state index < -0.39 is 0 Å². The van der Waals surface area contributed by atoms with Crippen molar-refractivity contribution in [1.82, 2.24) is 14.5 Å². The number of nitrogens with zero attached hydrogens (tertiary/aromatic N) is 3. The molecule has 5 nitrogen and oxygen atoms in total. The van der Waals surface area contributed by atoms with Gasteiger partial charge in [-0.25, -0.2) is 9.97 Å². The van der Waals surface area contributed by atoms with E-state index in [0.717, 1.165) is 22.8 Å². The number of anilines is 1. The molecule has 0 radical (unpaired) electrons. The number of fused-ring (bicyclic) bond motifs is 3. The smallest absolute Gasteiger partial charge is 0.226 e. The molecule has 2 aromatic heterocycles. The predicted molar refractivity (Wildman–Crippen MR) is 102 cm³/mol. The molecule has 0 aromatic carbocycles. The maximum absolute atomic E-state index is 12.8. The molecule has 0 spiro atoms. The summed E-state index contributed by atoms with van der Waals surface area (Å²) in [6.45, 7) is 4.74. The van der Waals surface area contributed by atoms with E-state index in [-0.39, 0.29) is 5.91 Å². The number of aromatic nitrogens is 3. The normalized spacial score (nSPS) is 28.2. The number of pyridine rings is 1. The third-order valence-electron chi connectivity index (χ3n) is 6.91. The molecule has 4 aliphatic rings. The first-order valence-corrected chi connectivity index (χ1v) is 9.56. The fraction of sp³-hybridized carbons (Fsp3) is 0.476. The average Bonchev–Trinajstić information content (AvgIpc) is 2.91. The zero-order valence-electron chi connectivity index (χ0n) is 15.3. The van der Waals surface area contributed by atoms with E-state index in [2.05, 4.69) is 29.1 Å². The Morgan fingerprint density at radius 2 is 2.23 bits per heavy atom. The summed E-state index contributed by atoms with van der Waals surface area (Å²) in [6.07, 6.45) is 12.1. The van der Waals surface area contributed by atoms with Gasteiger partial charge in [-0.1, -0.05) is 19.9 Å². The largest absolute Gasteiger partial charge is 0.296 e. The number of imidazole rings is 1. The molecule has 4 aliphatic carbocycles. The van der Waals surface area contributed by atoms with Crippen LogP contribution in [0.15, 0.2) is 36.6 Å². The first-order valence-electron chi connectivity index (χ1n) is 9.56. The van der Waals surface area contributed by atoms with Gasteiger partial charge in [-0.3, -0.25) is 14.7 Å². The van der Waals surface area contributed by atoms with Gasteiger partial charge in [0.2, 0.25) is 11.9 Å². The zero-order valence-corrected chi connectivity index (χ0v) is 15.3.